The van der Waals surface area contributed by atoms with Gasteiger partial charge in [-0.2, -0.15) is 0 Å². The van der Waals surface area contributed by atoms with Crippen LogP contribution in [0.1, 0.15) is 20.3 Å². The van der Waals surface area contributed by atoms with Gasteiger partial charge < -0.3 is 10.6 Å². The SMILES string of the molecule is Br.CC1CCNCC(C)N1. The van der Waals surface area contributed by atoms with Crippen LogP contribution in [0.5, 0.6) is 0 Å². The van der Waals surface area contributed by atoms with E-state index in [-0.39, 0.29) is 17.0 Å². The maximum atomic E-state index is 3.48. The number of halogens is 1. The van der Waals surface area contributed by atoms with Crippen LogP contribution in [-0.2, 0) is 0 Å². The zero-order chi connectivity index (χ0) is 6.69. The molecule has 1 fully saturated rings. The van der Waals surface area contributed by atoms with E-state index in [4.69, 9.17) is 0 Å². The Morgan fingerprint density at radius 2 is 1.90 bits per heavy atom. The van der Waals surface area contributed by atoms with Crippen molar-refractivity contribution < 1.29 is 0 Å². The number of hydrogen-bond acceptors (Lipinski definition) is 2. The molecule has 2 nitrogen and oxygen atoms in total. The van der Waals surface area contributed by atoms with Gasteiger partial charge in [0.25, 0.3) is 0 Å². The highest BCUT2D eigenvalue weighted by atomic mass is 79.9. The Hall–Kier alpha value is 0.400. The van der Waals surface area contributed by atoms with E-state index in [1.54, 1.807) is 0 Å². The third-order valence-corrected chi connectivity index (χ3v) is 1.77. The summed E-state index contributed by atoms with van der Waals surface area (Å²) in [6.07, 6.45) is 1.25. The molecule has 0 saturated carbocycles. The van der Waals surface area contributed by atoms with Crippen LogP contribution in [0.15, 0.2) is 0 Å². The van der Waals surface area contributed by atoms with Gasteiger partial charge in [0, 0.05) is 18.6 Å². The summed E-state index contributed by atoms with van der Waals surface area (Å²) < 4.78 is 0. The summed E-state index contributed by atoms with van der Waals surface area (Å²) in [6, 6.07) is 1.33. The molecule has 3 heteroatoms. The standard InChI is InChI=1S/C7H16N2.BrH/c1-6-3-4-8-5-7(2)9-6;/h6-9H,3-5H2,1-2H3;1H. The largest absolute Gasteiger partial charge is 0.315 e. The van der Waals surface area contributed by atoms with Gasteiger partial charge in [-0.05, 0) is 26.8 Å². The van der Waals surface area contributed by atoms with Crippen molar-refractivity contribution in [1.29, 1.82) is 0 Å². The zero-order valence-electron chi connectivity index (χ0n) is 6.68. The lowest BCUT2D eigenvalue weighted by Crippen LogP contribution is -2.36. The van der Waals surface area contributed by atoms with E-state index < -0.39 is 0 Å². The van der Waals surface area contributed by atoms with E-state index in [1.165, 1.54) is 13.0 Å². The van der Waals surface area contributed by atoms with Gasteiger partial charge in [-0.3, -0.25) is 0 Å². The quantitative estimate of drug-likeness (QED) is 0.620. The maximum Gasteiger partial charge on any atom is 0.0166 e. The van der Waals surface area contributed by atoms with Gasteiger partial charge in [0.05, 0.1) is 0 Å². The van der Waals surface area contributed by atoms with Crippen LogP contribution < -0.4 is 10.6 Å². The van der Waals surface area contributed by atoms with E-state index in [9.17, 15) is 0 Å². The second-order valence-corrected chi connectivity index (χ2v) is 2.96. The van der Waals surface area contributed by atoms with Crippen molar-refractivity contribution >= 4 is 17.0 Å². The summed E-state index contributed by atoms with van der Waals surface area (Å²) in [7, 11) is 0. The highest BCUT2D eigenvalue weighted by Crippen LogP contribution is 1.95. The van der Waals surface area contributed by atoms with Gasteiger partial charge in [-0.25, -0.2) is 0 Å². The van der Waals surface area contributed by atoms with Gasteiger partial charge >= 0.3 is 0 Å². The minimum atomic E-state index is 0. The molecule has 0 aromatic rings. The van der Waals surface area contributed by atoms with Crippen LogP contribution in [-0.4, -0.2) is 25.2 Å². The molecule has 1 aliphatic heterocycles. The summed E-state index contributed by atoms with van der Waals surface area (Å²) in [5.74, 6) is 0. The molecule has 0 aromatic heterocycles. The average molecular weight is 209 g/mol. The summed E-state index contributed by atoms with van der Waals surface area (Å²) >= 11 is 0. The van der Waals surface area contributed by atoms with Crippen LogP contribution in [0.3, 0.4) is 0 Å². The minimum absolute atomic E-state index is 0. The molecule has 0 radical (unpaired) electrons. The lowest BCUT2D eigenvalue weighted by Gasteiger charge is -2.13. The minimum Gasteiger partial charge on any atom is -0.315 e. The fraction of sp³-hybridized carbons (Fsp3) is 1.00. The summed E-state index contributed by atoms with van der Waals surface area (Å²) in [5.41, 5.74) is 0. The molecule has 2 N–H and O–H groups in total. The van der Waals surface area contributed by atoms with Crippen LogP contribution >= 0.6 is 17.0 Å². The molecule has 1 saturated heterocycles. The first-order chi connectivity index (χ1) is 4.29. The Kier molecular flexibility index (Phi) is 5.31. The summed E-state index contributed by atoms with van der Waals surface area (Å²) in [6.45, 7) is 6.74. The second-order valence-electron chi connectivity index (χ2n) is 2.96. The molecule has 0 amide bonds. The first kappa shape index (κ1) is 10.4. The second kappa shape index (κ2) is 5.10. The Bertz CT molecular complexity index is 77.7. The molecular formula is C7H17BrN2. The fourth-order valence-corrected chi connectivity index (χ4v) is 1.27. The number of rotatable bonds is 0. The smallest absolute Gasteiger partial charge is 0.0166 e. The predicted octanol–water partition coefficient (Wildman–Crippen LogP) is 0.924. The molecule has 2 atom stereocenters. The van der Waals surface area contributed by atoms with E-state index in [2.05, 4.69) is 24.5 Å². The molecule has 1 heterocycles. The number of nitrogens with one attached hydrogen (secondary N) is 2. The monoisotopic (exact) mass is 208 g/mol. The lowest BCUT2D eigenvalue weighted by atomic mass is 10.2. The molecule has 1 rings (SSSR count). The van der Waals surface area contributed by atoms with Crippen molar-refractivity contribution in [2.75, 3.05) is 13.1 Å². The van der Waals surface area contributed by atoms with Crippen molar-refractivity contribution in [3.05, 3.63) is 0 Å². The Balaban J connectivity index is 0.000000810. The molecular weight excluding hydrogens is 192 g/mol. The molecule has 0 aromatic carbocycles. The van der Waals surface area contributed by atoms with Crippen molar-refractivity contribution in [2.45, 2.75) is 32.4 Å². The summed E-state index contributed by atoms with van der Waals surface area (Å²) in [5, 5.41) is 6.84. The van der Waals surface area contributed by atoms with Gasteiger partial charge in [0.1, 0.15) is 0 Å². The van der Waals surface area contributed by atoms with E-state index in [1.807, 2.05) is 0 Å². The van der Waals surface area contributed by atoms with Crippen LogP contribution in [0.2, 0.25) is 0 Å². The first-order valence-corrected chi connectivity index (χ1v) is 3.76. The topological polar surface area (TPSA) is 24.1 Å². The van der Waals surface area contributed by atoms with Gasteiger partial charge in [0.15, 0.2) is 0 Å². The fourth-order valence-electron chi connectivity index (χ4n) is 1.27. The van der Waals surface area contributed by atoms with Gasteiger partial charge in [-0.15, -0.1) is 17.0 Å². The van der Waals surface area contributed by atoms with E-state index in [0.717, 1.165) is 6.54 Å². The zero-order valence-corrected chi connectivity index (χ0v) is 8.40. The van der Waals surface area contributed by atoms with Crippen LogP contribution in [0, 0.1) is 0 Å². The third-order valence-electron chi connectivity index (χ3n) is 1.77. The van der Waals surface area contributed by atoms with Crippen molar-refractivity contribution in [3.63, 3.8) is 0 Å². The van der Waals surface area contributed by atoms with Crippen LogP contribution in [0.25, 0.3) is 0 Å². The van der Waals surface area contributed by atoms with Crippen molar-refractivity contribution in [2.24, 2.45) is 0 Å². The molecule has 0 aliphatic carbocycles. The first-order valence-electron chi connectivity index (χ1n) is 3.76. The van der Waals surface area contributed by atoms with E-state index in [0.29, 0.717) is 12.1 Å². The molecule has 1 aliphatic rings. The van der Waals surface area contributed by atoms with Crippen LogP contribution in [0.4, 0.5) is 0 Å². The Morgan fingerprint density at radius 1 is 1.20 bits per heavy atom. The highest BCUT2D eigenvalue weighted by molar-refractivity contribution is 8.93. The van der Waals surface area contributed by atoms with Crippen molar-refractivity contribution in [3.8, 4) is 0 Å². The Morgan fingerprint density at radius 3 is 2.60 bits per heavy atom. The number of hydrogen-bond donors (Lipinski definition) is 2. The predicted molar refractivity (Wildman–Crippen MR) is 49.9 cm³/mol. The Labute approximate surface area is 73.5 Å². The summed E-state index contributed by atoms with van der Waals surface area (Å²) in [4.78, 5) is 0. The molecule has 62 valence electrons. The molecule has 10 heavy (non-hydrogen) atoms. The molecule has 0 bridgehead atoms. The lowest BCUT2D eigenvalue weighted by molar-refractivity contribution is 0.490. The van der Waals surface area contributed by atoms with Gasteiger partial charge in [0.2, 0.25) is 0 Å². The van der Waals surface area contributed by atoms with Crippen molar-refractivity contribution in [1.82, 2.24) is 10.6 Å². The van der Waals surface area contributed by atoms with Gasteiger partial charge in [-0.1, -0.05) is 0 Å². The average Bonchev–Trinajstić information content (AvgIpc) is 1.93. The highest BCUT2D eigenvalue weighted by Gasteiger charge is 2.09. The molecule has 2 unspecified atom stereocenters. The van der Waals surface area contributed by atoms with E-state index >= 15 is 0 Å². The normalized spacial score (nSPS) is 34.2. The third kappa shape index (κ3) is 3.54. The molecule has 0 spiro atoms. The maximum absolute atomic E-state index is 3.48.